The molecule has 2 unspecified atom stereocenters. The number of rotatable bonds is 48. The van der Waals surface area contributed by atoms with Crippen LogP contribution in [0.15, 0.2) is 85.1 Å². The van der Waals surface area contributed by atoms with Crippen LogP contribution in [0.25, 0.3) is 0 Å². The lowest BCUT2D eigenvalue weighted by Gasteiger charge is -2.19. The van der Waals surface area contributed by atoms with E-state index >= 15 is 0 Å². The topological polar surface area (TPSA) is 134 Å². The fourth-order valence-electron chi connectivity index (χ4n) is 6.99. The molecule has 0 aliphatic heterocycles. The van der Waals surface area contributed by atoms with Crippen LogP contribution in [0.2, 0.25) is 0 Å². The zero-order valence-electron chi connectivity index (χ0n) is 41.4. The molecule has 0 fully saturated rings. The van der Waals surface area contributed by atoms with Gasteiger partial charge in [-0.25, -0.2) is 4.57 Å². The molecule has 9 nitrogen and oxygen atoms in total. The molecule has 0 aliphatic carbocycles. The average molecular weight is 930 g/mol. The van der Waals surface area contributed by atoms with Gasteiger partial charge in [0.25, 0.3) is 0 Å². The van der Waals surface area contributed by atoms with Gasteiger partial charge in [-0.1, -0.05) is 208 Å². The van der Waals surface area contributed by atoms with Gasteiger partial charge in [-0.15, -0.1) is 0 Å². The average Bonchev–Trinajstić information content (AvgIpc) is 3.30. The van der Waals surface area contributed by atoms with E-state index < -0.39 is 32.5 Å². The second-order valence-electron chi connectivity index (χ2n) is 17.0. The predicted octanol–water partition coefficient (Wildman–Crippen LogP) is 16.0. The van der Waals surface area contributed by atoms with Crippen molar-refractivity contribution in [2.75, 3.05) is 26.4 Å². The number of nitrogens with two attached hydrogens (primary N) is 1. The highest BCUT2D eigenvalue weighted by molar-refractivity contribution is 7.47. The molecule has 0 aliphatic rings. The third-order valence-corrected chi connectivity index (χ3v) is 11.8. The first-order valence-electron chi connectivity index (χ1n) is 26.1. The molecule has 0 amide bonds. The van der Waals surface area contributed by atoms with Gasteiger partial charge in [0.15, 0.2) is 6.10 Å². The van der Waals surface area contributed by atoms with Crippen LogP contribution in [0.4, 0.5) is 0 Å². The summed E-state index contributed by atoms with van der Waals surface area (Å²) in [4.78, 5) is 35.1. The molecule has 0 saturated heterocycles. The van der Waals surface area contributed by atoms with Crippen LogP contribution in [0.1, 0.15) is 219 Å². The fourth-order valence-corrected chi connectivity index (χ4v) is 7.76. The van der Waals surface area contributed by atoms with E-state index in [2.05, 4.69) is 98.9 Å². The SMILES string of the molecule is CC/C=C\C/C=C\C/C=C\C/C=C\CCCCCCCCCCCCCCCCC(=O)OC(COC(=O)CCCCCCCCC/C=C\C/C=C\C/C=C\CC)COP(=O)(O)OCCN. The number of hydrogen-bond acceptors (Lipinski definition) is 8. The number of carbonyl (C=O) groups excluding carboxylic acids is 2. The third kappa shape index (κ3) is 50.4. The molecule has 3 N–H and O–H groups in total. The number of phosphoric ester groups is 1. The molecule has 0 bridgehead atoms. The molecule has 0 rings (SSSR count). The Balaban J connectivity index is 4.01. The molecule has 0 spiro atoms. The van der Waals surface area contributed by atoms with Gasteiger partial charge in [0.1, 0.15) is 6.61 Å². The molecule has 10 heteroatoms. The highest BCUT2D eigenvalue weighted by Crippen LogP contribution is 2.43. The zero-order chi connectivity index (χ0) is 47.4. The van der Waals surface area contributed by atoms with E-state index in [1.54, 1.807) is 0 Å². The second-order valence-corrected chi connectivity index (χ2v) is 18.4. The van der Waals surface area contributed by atoms with Crippen molar-refractivity contribution in [3.63, 3.8) is 0 Å². The summed E-state index contributed by atoms with van der Waals surface area (Å²) >= 11 is 0. The lowest BCUT2D eigenvalue weighted by molar-refractivity contribution is -0.161. The summed E-state index contributed by atoms with van der Waals surface area (Å²) in [5.41, 5.74) is 5.37. The van der Waals surface area contributed by atoms with Crippen molar-refractivity contribution >= 4 is 19.8 Å². The standard InChI is InChI=1S/C55H96NO8P/c1-3-5-7-9-11-13-15-17-19-21-22-23-24-25-26-27-28-29-30-32-34-36-38-40-42-44-46-48-55(58)64-53(52-63-65(59,60)62-50-49-56)51-61-54(57)47-45-43-41-39-37-35-33-31-20-18-16-14-12-10-8-6-4-2/h5-8,11-14,17-20,22-23,53H,3-4,9-10,15-16,21,24-52,56H2,1-2H3,(H,59,60)/b7-5-,8-6-,13-11-,14-12-,19-17-,20-18-,23-22-. The van der Waals surface area contributed by atoms with Crippen molar-refractivity contribution in [1.29, 1.82) is 0 Å². The molecule has 65 heavy (non-hydrogen) atoms. The normalized spacial score (nSPS) is 13.8. The molecular weight excluding hydrogens is 834 g/mol. The zero-order valence-corrected chi connectivity index (χ0v) is 42.3. The summed E-state index contributed by atoms with van der Waals surface area (Å²) in [6, 6.07) is 0. The molecule has 0 saturated carbocycles. The van der Waals surface area contributed by atoms with Gasteiger partial charge >= 0.3 is 19.8 Å². The molecule has 0 heterocycles. The van der Waals surface area contributed by atoms with Gasteiger partial charge in [0.2, 0.25) is 0 Å². The van der Waals surface area contributed by atoms with Gasteiger partial charge in [-0.2, -0.15) is 0 Å². The minimum atomic E-state index is -4.39. The van der Waals surface area contributed by atoms with E-state index in [-0.39, 0.29) is 32.6 Å². The maximum Gasteiger partial charge on any atom is 0.472 e. The monoisotopic (exact) mass is 930 g/mol. The van der Waals surface area contributed by atoms with Crippen LogP contribution >= 0.6 is 7.82 Å². The van der Waals surface area contributed by atoms with Crippen molar-refractivity contribution in [3.05, 3.63) is 85.1 Å². The fraction of sp³-hybridized carbons (Fsp3) is 0.709. The number of hydrogen-bond donors (Lipinski definition) is 2. The Morgan fingerprint density at radius 3 is 1.18 bits per heavy atom. The van der Waals surface area contributed by atoms with Crippen molar-refractivity contribution in [3.8, 4) is 0 Å². The first-order chi connectivity index (χ1) is 31.8. The van der Waals surface area contributed by atoms with E-state index in [0.717, 1.165) is 96.3 Å². The third-order valence-electron chi connectivity index (χ3n) is 10.8. The number of carbonyl (C=O) groups is 2. The van der Waals surface area contributed by atoms with E-state index in [4.69, 9.17) is 24.3 Å². The number of allylic oxidation sites excluding steroid dienone is 14. The maximum absolute atomic E-state index is 12.7. The number of phosphoric acid groups is 1. The summed E-state index contributed by atoms with van der Waals surface area (Å²) in [5.74, 6) is -0.841. The Hall–Kier alpha value is -2.81. The van der Waals surface area contributed by atoms with Crippen LogP contribution in [0.3, 0.4) is 0 Å². The lowest BCUT2D eigenvalue weighted by atomic mass is 10.0. The summed E-state index contributed by atoms with van der Waals surface area (Å²) in [6.45, 7) is 3.51. The van der Waals surface area contributed by atoms with Gasteiger partial charge < -0.3 is 20.1 Å². The predicted molar refractivity (Wildman–Crippen MR) is 275 cm³/mol. The molecule has 0 aromatic heterocycles. The van der Waals surface area contributed by atoms with Crippen molar-refractivity contribution < 1.29 is 37.6 Å². The first kappa shape index (κ1) is 62.2. The van der Waals surface area contributed by atoms with Crippen molar-refractivity contribution in [1.82, 2.24) is 0 Å². The Bertz CT molecular complexity index is 1340. The van der Waals surface area contributed by atoms with E-state index in [9.17, 15) is 19.0 Å². The van der Waals surface area contributed by atoms with Gasteiger partial charge in [-0.05, 0) is 83.5 Å². The minimum absolute atomic E-state index is 0.0486. The Kier molecular flexibility index (Phi) is 48.4. The lowest BCUT2D eigenvalue weighted by Crippen LogP contribution is -2.29. The molecule has 0 aromatic rings. The number of ether oxygens (including phenoxy) is 2. The first-order valence-corrected chi connectivity index (χ1v) is 27.6. The summed E-state index contributed by atoms with van der Waals surface area (Å²) in [6.07, 6.45) is 64.8. The van der Waals surface area contributed by atoms with Crippen LogP contribution < -0.4 is 5.73 Å². The van der Waals surface area contributed by atoms with Crippen molar-refractivity contribution in [2.24, 2.45) is 5.73 Å². The Morgan fingerprint density at radius 2 is 0.800 bits per heavy atom. The Morgan fingerprint density at radius 1 is 0.462 bits per heavy atom. The smallest absolute Gasteiger partial charge is 0.462 e. The van der Waals surface area contributed by atoms with Crippen molar-refractivity contribution in [2.45, 2.75) is 225 Å². The van der Waals surface area contributed by atoms with Crippen LogP contribution in [0.5, 0.6) is 0 Å². The molecule has 374 valence electrons. The minimum Gasteiger partial charge on any atom is -0.462 e. The van der Waals surface area contributed by atoms with Crippen LogP contribution in [-0.2, 0) is 32.7 Å². The van der Waals surface area contributed by atoms with E-state index in [0.29, 0.717) is 6.42 Å². The van der Waals surface area contributed by atoms with Gasteiger partial charge in [0.05, 0.1) is 13.2 Å². The molecule has 2 atom stereocenters. The molecule has 0 aromatic carbocycles. The van der Waals surface area contributed by atoms with E-state index in [1.807, 2.05) is 0 Å². The van der Waals surface area contributed by atoms with Gasteiger partial charge in [0, 0.05) is 19.4 Å². The van der Waals surface area contributed by atoms with Gasteiger partial charge in [-0.3, -0.25) is 18.6 Å². The molecular formula is C55H96NO8P. The maximum atomic E-state index is 12.7. The summed E-state index contributed by atoms with van der Waals surface area (Å²) in [7, 11) is -4.39. The number of unbranched alkanes of at least 4 members (excludes halogenated alkanes) is 21. The highest BCUT2D eigenvalue weighted by Gasteiger charge is 2.26. The quantitative estimate of drug-likeness (QED) is 0.0265. The molecule has 0 radical (unpaired) electrons. The highest BCUT2D eigenvalue weighted by atomic mass is 31.2. The summed E-state index contributed by atoms with van der Waals surface area (Å²) < 4.78 is 32.9. The Labute approximate surface area is 398 Å². The second kappa shape index (κ2) is 50.6. The van der Waals surface area contributed by atoms with Crippen LogP contribution in [-0.4, -0.2) is 49.3 Å². The summed E-state index contributed by atoms with van der Waals surface area (Å²) in [5, 5.41) is 0. The number of esters is 2. The largest absolute Gasteiger partial charge is 0.472 e. The van der Waals surface area contributed by atoms with E-state index in [1.165, 1.54) is 89.9 Å². The van der Waals surface area contributed by atoms with Crippen LogP contribution in [0, 0.1) is 0 Å².